The molecule has 21 heavy (non-hydrogen) atoms. The van der Waals surface area contributed by atoms with Crippen molar-refractivity contribution in [3.05, 3.63) is 32.9 Å². The van der Waals surface area contributed by atoms with Crippen LogP contribution in [-0.2, 0) is 10.0 Å². The highest BCUT2D eigenvalue weighted by atomic mass is 32.2. The van der Waals surface area contributed by atoms with Crippen molar-refractivity contribution in [1.29, 1.82) is 0 Å². The Balaban J connectivity index is 2.64. The van der Waals surface area contributed by atoms with Crippen LogP contribution in [0.2, 0.25) is 0 Å². The molecule has 1 aliphatic heterocycles. The molecule has 1 aromatic carbocycles. The fourth-order valence-electron chi connectivity index (χ4n) is 2.94. The number of nitrogens with zero attached hydrogens (tertiary/aromatic N) is 2. The Morgan fingerprint density at radius 2 is 1.95 bits per heavy atom. The van der Waals surface area contributed by atoms with Crippen LogP contribution >= 0.6 is 0 Å². The molecule has 2 rings (SSSR count). The molecule has 0 spiro atoms. The summed E-state index contributed by atoms with van der Waals surface area (Å²) in [6.07, 6.45) is 0.602. The molecule has 1 heterocycles. The molecule has 1 saturated heterocycles. The van der Waals surface area contributed by atoms with Crippen molar-refractivity contribution in [2.45, 2.75) is 38.1 Å². The van der Waals surface area contributed by atoms with E-state index in [1.165, 1.54) is 11.2 Å². The van der Waals surface area contributed by atoms with E-state index in [4.69, 9.17) is 5.73 Å². The first-order valence-corrected chi connectivity index (χ1v) is 8.11. The topological polar surface area (TPSA) is 107 Å². The lowest BCUT2D eigenvalue weighted by Crippen LogP contribution is -2.33. The van der Waals surface area contributed by atoms with Gasteiger partial charge in [0.2, 0.25) is 10.0 Å². The molecular formula is C13H19N3O4S. The predicted molar refractivity (Wildman–Crippen MR) is 78.7 cm³/mol. The van der Waals surface area contributed by atoms with Gasteiger partial charge < -0.3 is 5.73 Å². The monoisotopic (exact) mass is 313 g/mol. The van der Waals surface area contributed by atoms with Gasteiger partial charge in [-0.15, -0.1) is 0 Å². The van der Waals surface area contributed by atoms with Crippen molar-refractivity contribution >= 4 is 15.7 Å². The van der Waals surface area contributed by atoms with Gasteiger partial charge in [0.15, 0.2) is 0 Å². The fourth-order valence-corrected chi connectivity index (χ4v) is 4.88. The number of nitro benzene ring substituents is 1. The molecule has 8 heteroatoms. The van der Waals surface area contributed by atoms with Crippen molar-refractivity contribution in [1.82, 2.24) is 4.31 Å². The second kappa shape index (κ2) is 5.36. The van der Waals surface area contributed by atoms with Crippen LogP contribution in [0.3, 0.4) is 0 Å². The average molecular weight is 313 g/mol. The molecule has 1 aromatic rings. The number of hydrogen-bond donors (Lipinski definition) is 1. The van der Waals surface area contributed by atoms with Gasteiger partial charge in [0.25, 0.3) is 5.69 Å². The first kappa shape index (κ1) is 15.9. The van der Waals surface area contributed by atoms with Gasteiger partial charge in [-0.1, -0.05) is 0 Å². The van der Waals surface area contributed by atoms with Crippen LogP contribution < -0.4 is 5.73 Å². The van der Waals surface area contributed by atoms with Crippen LogP contribution in [0.4, 0.5) is 5.69 Å². The van der Waals surface area contributed by atoms with Crippen molar-refractivity contribution in [3.63, 3.8) is 0 Å². The van der Waals surface area contributed by atoms with Gasteiger partial charge in [-0.2, -0.15) is 4.31 Å². The normalized spacial score (nSPS) is 19.9. The Morgan fingerprint density at radius 1 is 1.33 bits per heavy atom. The highest BCUT2D eigenvalue weighted by Gasteiger charge is 2.35. The van der Waals surface area contributed by atoms with E-state index >= 15 is 0 Å². The van der Waals surface area contributed by atoms with Crippen LogP contribution in [0.5, 0.6) is 0 Å². The van der Waals surface area contributed by atoms with Crippen LogP contribution in [0, 0.1) is 30.9 Å². The third-order valence-electron chi connectivity index (χ3n) is 3.83. The summed E-state index contributed by atoms with van der Waals surface area (Å²) in [5.74, 6) is 0. The van der Waals surface area contributed by atoms with E-state index in [1.807, 2.05) is 0 Å². The molecule has 0 amide bonds. The maximum absolute atomic E-state index is 12.8. The quantitative estimate of drug-likeness (QED) is 0.667. The minimum Gasteiger partial charge on any atom is -0.326 e. The largest absolute Gasteiger partial charge is 0.326 e. The Kier molecular flexibility index (Phi) is 4.05. The smallest absolute Gasteiger partial charge is 0.276 e. The molecule has 0 aliphatic carbocycles. The van der Waals surface area contributed by atoms with Crippen LogP contribution in [0.15, 0.2) is 11.0 Å². The maximum atomic E-state index is 12.8. The lowest BCUT2D eigenvalue weighted by molar-refractivity contribution is -0.386. The molecule has 0 unspecified atom stereocenters. The van der Waals surface area contributed by atoms with Gasteiger partial charge >= 0.3 is 0 Å². The summed E-state index contributed by atoms with van der Waals surface area (Å²) < 4.78 is 26.8. The average Bonchev–Trinajstić information content (AvgIpc) is 2.74. The summed E-state index contributed by atoms with van der Waals surface area (Å²) in [7, 11) is -3.76. The summed E-state index contributed by atoms with van der Waals surface area (Å²) >= 11 is 0. The number of benzene rings is 1. The Bertz CT molecular complexity index is 700. The molecule has 2 N–H and O–H groups in total. The summed E-state index contributed by atoms with van der Waals surface area (Å²) in [5.41, 5.74) is 6.81. The number of rotatable bonds is 3. The van der Waals surface area contributed by atoms with Gasteiger partial charge in [-0.3, -0.25) is 10.1 Å². The van der Waals surface area contributed by atoms with E-state index < -0.39 is 14.9 Å². The first-order chi connectivity index (χ1) is 9.66. The third kappa shape index (κ3) is 2.66. The number of aryl methyl sites for hydroxylation is 2. The molecule has 0 saturated carbocycles. The minimum atomic E-state index is -3.76. The molecule has 0 aromatic heterocycles. The summed E-state index contributed by atoms with van der Waals surface area (Å²) in [4.78, 5) is 10.7. The first-order valence-electron chi connectivity index (χ1n) is 6.67. The van der Waals surface area contributed by atoms with Crippen molar-refractivity contribution in [2.75, 3.05) is 13.1 Å². The van der Waals surface area contributed by atoms with E-state index in [0.29, 0.717) is 24.1 Å². The van der Waals surface area contributed by atoms with Gasteiger partial charge in [-0.25, -0.2) is 8.42 Å². The van der Waals surface area contributed by atoms with E-state index in [-0.39, 0.29) is 28.7 Å². The molecule has 1 fully saturated rings. The van der Waals surface area contributed by atoms with Crippen LogP contribution in [0.25, 0.3) is 0 Å². The molecule has 1 atom stereocenters. The number of sulfonamides is 1. The third-order valence-corrected chi connectivity index (χ3v) is 5.98. The summed E-state index contributed by atoms with van der Waals surface area (Å²) in [6, 6.07) is 1.37. The van der Waals surface area contributed by atoms with Gasteiger partial charge in [-0.05, 0) is 38.8 Å². The second-order valence-electron chi connectivity index (χ2n) is 5.48. The van der Waals surface area contributed by atoms with Gasteiger partial charge in [0.1, 0.15) is 0 Å². The fraction of sp³-hybridized carbons (Fsp3) is 0.538. The zero-order valence-corrected chi connectivity index (χ0v) is 13.1. The highest BCUT2D eigenvalue weighted by molar-refractivity contribution is 7.89. The van der Waals surface area contributed by atoms with Crippen LogP contribution in [-0.4, -0.2) is 36.8 Å². The number of nitro groups is 1. The molecule has 0 radical (unpaired) electrons. The van der Waals surface area contributed by atoms with E-state index in [2.05, 4.69) is 0 Å². The SMILES string of the molecule is Cc1cc(C)c(S(=O)(=O)N2CC[C@@H](N)C2)c(C)c1[N+](=O)[O-]. The second-order valence-corrected chi connectivity index (χ2v) is 7.36. The van der Waals surface area contributed by atoms with E-state index in [9.17, 15) is 18.5 Å². The summed E-state index contributed by atoms with van der Waals surface area (Å²) in [5, 5.41) is 11.2. The lowest BCUT2D eigenvalue weighted by atomic mass is 10.1. The Labute approximate surface area is 123 Å². The van der Waals surface area contributed by atoms with E-state index in [1.54, 1.807) is 19.9 Å². The molecule has 1 aliphatic rings. The zero-order chi connectivity index (χ0) is 15.9. The lowest BCUT2D eigenvalue weighted by Gasteiger charge is -2.19. The maximum Gasteiger partial charge on any atom is 0.276 e. The van der Waals surface area contributed by atoms with Crippen molar-refractivity contribution in [2.24, 2.45) is 5.73 Å². The molecular weight excluding hydrogens is 294 g/mol. The summed E-state index contributed by atoms with van der Waals surface area (Å²) in [6.45, 7) is 5.36. The molecule has 116 valence electrons. The standard InChI is InChI=1S/C13H19N3O4S/c1-8-6-9(2)13(10(3)12(8)16(17)18)21(19,20)15-5-4-11(14)7-15/h6,11H,4-5,7,14H2,1-3H3/t11-/m1/s1. The van der Waals surface area contributed by atoms with Gasteiger partial charge in [0.05, 0.1) is 9.82 Å². The molecule has 7 nitrogen and oxygen atoms in total. The van der Waals surface area contributed by atoms with E-state index in [0.717, 1.165) is 0 Å². The van der Waals surface area contributed by atoms with Gasteiger partial charge in [0, 0.05) is 30.3 Å². The highest BCUT2D eigenvalue weighted by Crippen LogP contribution is 2.34. The van der Waals surface area contributed by atoms with Crippen molar-refractivity contribution < 1.29 is 13.3 Å². The Hall–Kier alpha value is -1.51. The number of nitrogens with two attached hydrogens (primary N) is 1. The zero-order valence-electron chi connectivity index (χ0n) is 12.3. The predicted octanol–water partition coefficient (Wildman–Crippen LogP) is 1.24. The molecule has 0 bridgehead atoms. The Morgan fingerprint density at radius 3 is 2.43 bits per heavy atom. The number of hydrogen-bond acceptors (Lipinski definition) is 5. The van der Waals surface area contributed by atoms with Crippen molar-refractivity contribution in [3.8, 4) is 0 Å². The van der Waals surface area contributed by atoms with Crippen LogP contribution in [0.1, 0.15) is 23.1 Å². The minimum absolute atomic E-state index is 0.0360.